The molecule has 0 amide bonds. The van der Waals surface area contributed by atoms with E-state index in [4.69, 9.17) is 9.47 Å². The Hall–Kier alpha value is -1.55. The smallest absolute Gasteiger partial charge is 0.166 e. The molecule has 2 aromatic carbocycles. The van der Waals surface area contributed by atoms with Crippen LogP contribution in [0, 0.1) is 5.82 Å². The van der Waals surface area contributed by atoms with Gasteiger partial charge in [-0.3, -0.25) is 0 Å². The zero-order chi connectivity index (χ0) is 12.8. The number of hydrogen-bond acceptors (Lipinski definition) is 2. The van der Waals surface area contributed by atoms with Crippen LogP contribution in [0.5, 0.6) is 11.5 Å². The highest BCUT2D eigenvalue weighted by atomic mass is 79.9. The van der Waals surface area contributed by atoms with E-state index in [0.29, 0.717) is 17.7 Å². The zero-order valence-corrected chi connectivity index (χ0v) is 11.2. The van der Waals surface area contributed by atoms with Crippen molar-refractivity contribution in [2.45, 2.75) is 0 Å². The van der Waals surface area contributed by atoms with Gasteiger partial charge in [0.1, 0.15) is 19.0 Å². The Bertz CT molecular complexity index is 502. The fourth-order valence-electron chi connectivity index (χ4n) is 1.42. The standard InChI is InChI=1S/C14H12BrFO2/c15-11-6-7-14(13(16)10-11)18-9-8-17-12-4-2-1-3-5-12/h1-7,10H,8-9H2. The quantitative estimate of drug-likeness (QED) is 0.776. The van der Waals surface area contributed by atoms with E-state index >= 15 is 0 Å². The molecule has 0 aliphatic carbocycles. The molecule has 0 aliphatic rings. The molecule has 4 heteroatoms. The van der Waals surface area contributed by atoms with Crippen molar-refractivity contribution >= 4 is 15.9 Å². The molecule has 0 aromatic heterocycles. The molecule has 18 heavy (non-hydrogen) atoms. The van der Waals surface area contributed by atoms with Crippen molar-refractivity contribution in [1.82, 2.24) is 0 Å². The number of para-hydroxylation sites is 1. The molecule has 0 bridgehead atoms. The lowest BCUT2D eigenvalue weighted by atomic mass is 10.3. The Kier molecular flexibility index (Phi) is 4.59. The van der Waals surface area contributed by atoms with Crippen LogP contribution in [0.15, 0.2) is 53.0 Å². The van der Waals surface area contributed by atoms with Gasteiger partial charge in [0, 0.05) is 4.47 Å². The van der Waals surface area contributed by atoms with Crippen LogP contribution >= 0.6 is 15.9 Å². The summed E-state index contributed by atoms with van der Waals surface area (Å²) >= 11 is 3.19. The van der Waals surface area contributed by atoms with Crippen LogP contribution < -0.4 is 9.47 Å². The molecule has 2 aromatic rings. The summed E-state index contributed by atoms with van der Waals surface area (Å²) in [6.07, 6.45) is 0. The lowest BCUT2D eigenvalue weighted by Crippen LogP contribution is -2.09. The van der Waals surface area contributed by atoms with Crippen LogP contribution in [-0.2, 0) is 0 Å². The van der Waals surface area contributed by atoms with Gasteiger partial charge in [-0.2, -0.15) is 0 Å². The van der Waals surface area contributed by atoms with E-state index in [1.54, 1.807) is 12.1 Å². The van der Waals surface area contributed by atoms with Crippen LogP contribution in [0.2, 0.25) is 0 Å². The van der Waals surface area contributed by atoms with Gasteiger partial charge in [0.2, 0.25) is 0 Å². The number of rotatable bonds is 5. The van der Waals surface area contributed by atoms with Gasteiger partial charge in [-0.25, -0.2) is 4.39 Å². The number of ether oxygens (including phenoxy) is 2. The van der Waals surface area contributed by atoms with Crippen molar-refractivity contribution in [2.24, 2.45) is 0 Å². The van der Waals surface area contributed by atoms with E-state index in [0.717, 1.165) is 5.75 Å². The maximum Gasteiger partial charge on any atom is 0.166 e. The van der Waals surface area contributed by atoms with E-state index in [-0.39, 0.29) is 11.6 Å². The molecule has 0 saturated heterocycles. The second kappa shape index (κ2) is 6.40. The molecule has 94 valence electrons. The molecular weight excluding hydrogens is 299 g/mol. The first kappa shape index (κ1) is 12.9. The molecular formula is C14H12BrFO2. The van der Waals surface area contributed by atoms with Crippen molar-refractivity contribution in [2.75, 3.05) is 13.2 Å². The third kappa shape index (κ3) is 3.74. The van der Waals surface area contributed by atoms with Gasteiger partial charge in [0.05, 0.1) is 0 Å². The summed E-state index contributed by atoms with van der Waals surface area (Å²) < 4.78 is 24.8. The molecule has 2 nitrogen and oxygen atoms in total. The Morgan fingerprint density at radius 1 is 0.944 bits per heavy atom. The number of halogens is 2. The van der Waals surface area contributed by atoms with E-state index in [1.165, 1.54) is 6.07 Å². The minimum atomic E-state index is -0.385. The fourth-order valence-corrected chi connectivity index (χ4v) is 1.75. The highest BCUT2D eigenvalue weighted by Crippen LogP contribution is 2.21. The predicted molar refractivity (Wildman–Crippen MR) is 71.5 cm³/mol. The van der Waals surface area contributed by atoms with Gasteiger partial charge in [-0.1, -0.05) is 34.1 Å². The lowest BCUT2D eigenvalue weighted by molar-refractivity contribution is 0.211. The van der Waals surface area contributed by atoms with Crippen molar-refractivity contribution in [3.63, 3.8) is 0 Å². The molecule has 0 spiro atoms. The third-order valence-corrected chi connectivity index (χ3v) is 2.74. The maximum absolute atomic E-state index is 13.4. The van der Waals surface area contributed by atoms with Crippen molar-refractivity contribution in [3.8, 4) is 11.5 Å². The van der Waals surface area contributed by atoms with Gasteiger partial charge in [-0.15, -0.1) is 0 Å². The van der Waals surface area contributed by atoms with Gasteiger partial charge >= 0.3 is 0 Å². The Morgan fingerprint density at radius 2 is 1.67 bits per heavy atom. The van der Waals surface area contributed by atoms with Gasteiger partial charge in [0.15, 0.2) is 11.6 Å². The van der Waals surface area contributed by atoms with Gasteiger partial charge in [-0.05, 0) is 30.3 Å². The fraction of sp³-hybridized carbons (Fsp3) is 0.143. The van der Waals surface area contributed by atoms with Gasteiger partial charge in [0.25, 0.3) is 0 Å². The summed E-state index contributed by atoms with van der Waals surface area (Å²) in [4.78, 5) is 0. The molecule has 0 heterocycles. The second-order valence-corrected chi connectivity index (χ2v) is 4.50. The summed E-state index contributed by atoms with van der Waals surface area (Å²) in [6.45, 7) is 0.674. The molecule has 0 unspecified atom stereocenters. The number of hydrogen-bond donors (Lipinski definition) is 0. The van der Waals surface area contributed by atoms with Crippen molar-refractivity contribution in [3.05, 3.63) is 58.8 Å². The summed E-state index contributed by atoms with van der Waals surface area (Å²) in [5.74, 6) is 0.622. The summed E-state index contributed by atoms with van der Waals surface area (Å²) in [5.41, 5.74) is 0. The first-order chi connectivity index (χ1) is 8.75. The topological polar surface area (TPSA) is 18.5 Å². The normalized spacial score (nSPS) is 10.1. The van der Waals surface area contributed by atoms with Crippen molar-refractivity contribution in [1.29, 1.82) is 0 Å². The zero-order valence-electron chi connectivity index (χ0n) is 9.61. The molecule has 0 saturated carbocycles. The van der Waals surface area contributed by atoms with Crippen LogP contribution in [0.4, 0.5) is 4.39 Å². The molecule has 0 radical (unpaired) electrons. The Morgan fingerprint density at radius 3 is 2.39 bits per heavy atom. The van der Waals surface area contributed by atoms with Gasteiger partial charge < -0.3 is 9.47 Å². The molecule has 0 aliphatic heterocycles. The highest BCUT2D eigenvalue weighted by Gasteiger charge is 2.03. The SMILES string of the molecule is Fc1cc(Br)ccc1OCCOc1ccccc1. The number of benzene rings is 2. The lowest BCUT2D eigenvalue weighted by Gasteiger charge is -2.09. The Labute approximate surface area is 113 Å². The molecule has 0 atom stereocenters. The van der Waals surface area contributed by atoms with Crippen LogP contribution in [0.25, 0.3) is 0 Å². The summed E-state index contributed by atoms with van der Waals surface area (Å²) in [7, 11) is 0. The molecule has 2 rings (SSSR count). The predicted octanol–water partition coefficient (Wildman–Crippen LogP) is 4.05. The van der Waals surface area contributed by atoms with Crippen LogP contribution in [0.1, 0.15) is 0 Å². The summed E-state index contributed by atoms with van der Waals surface area (Å²) in [6, 6.07) is 14.1. The maximum atomic E-state index is 13.4. The van der Waals surface area contributed by atoms with E-state index in [9.17, 15) is 4.39 Å². The minimum Gasteiger partial charge on any atom is -0.490 e. The largest absolute Gasteiger partial charge is 0.490 e. The average Bonchev–Trinajstić information content (AvgIpc) is 2.38. The first-order valence-electron chi connectivity index (χ1n) is 5.51. The highest BCUT2D eigenvalue weighted by molar-refractivity contribution is 9.10. The van der Waals surface area contributed by atoms with Crippen LogP contribution in [-0.4, -0.2) is 13.2 Å². The third-order valence-electron chi connectivity index (χ3n) is 2.25. The average molecular weight is 311 g/mol. The second-order valence-electron chi connectivity index (χ2n) is 3.58. The molecule has 0 N–H and O–H groups in total. The minimum absolute atomic E-state index is 0.231. The van der Waals surface area contributed by atoms with Crippen molar-refractivity contribution < 1.29 is 13.9 Å². The summed E-state index contributed by atoms with van der Waals surface area (Å²) in [5, 5.41) is 0. The van der Waals surface area contributed by atoms with E-state index in [2.05, 4.69) is 15.9 Å². The molecule has 0 fully saturated rings. The monoisotopic (exact) mass is 310 g/mol. The van der Waals surface area contributed by atoms with E-state index in [1.807, 2.05) is 30.3 Å². The first-order valence-corrected chi connectivity index (χ1v) is 6.31. The van der Waals surface area contributed by atoms with Crippen LogP contribution in [0.3, 0.4) is 0 Å². The Balaban J connectivity index is 1.79. The van der Waals surface area contributed by atoms with E-state index < -0.39 is 0 Å².